The summed E-state index contributed by atoms with van der Waals surface area (Å²) >= 11 is 3.29. The zero-order valence-electron chi connectivity index (χ0n) is 8.93. The minimum absolute atomic E-state index is 0.0153. The van der Waals surface area contributed by atoms with Crippen LogP contribution in [-0.4, -0.2) is 6.29 Å². The number of carbonyl (C=O) groups excluding carboxylic acids is 1. The molecule has 0 aromatic carbocycles. The van der Waals surface area contributed by atoms with Crippen LogP contribution in [0.15, 0.2) is 10.5 Å². The Kier molecular flexibility index (Phi) is 3.20. The maximum atomic E-state index is 10.6. The fraction of sp³-hybridized carbons (Fsp3) is 0.545. The Morgan fingerprint density at radius 3 is 2.43 bits per heavy atom. The van der Waals surface area contributed by atoms with Gasteiger partial charge in [-0.25, -0.2) is 0 Å². The standard InChI is InChI=1S/C11H15BrO2/c1-7-8(9(12)6-13)5-10(14-7)11(2,3)4/h5-6,9H,1-4H3. The summed E-state index contributed by atoms with van der Waals surface area (Å²) in [6.07, 6.45) is 0.865. The molecule has 78 valence electrons. The second kappa shape index (κ2) is 3.89. The maximum Gasteiger partial charge on any atom is 0.138 e. The van der Waals surface area contributed by atoms with Crippen LogP contribution in [-0.2, 0) is 10.2 Å². The van der Waals surface area contributed by atoms with E-state index in [-0.39, 0.29) is 10.2 Å². The average Bonchev–Trinajstić information content (AvgIpc) is 2.45. The first-order chi connectivity index (χ1) is 6.36. The number of furan rings is 1. The minimum atomic E-state index is -0.262. The number of alkyl halides is 1. The van der Waals surface area contributed by atoms with Crippen molar-refractivity contribution in [3.8, 4) is 0 Å². The van der Waals surface area contributed by atoms with E-state index < -0.39 is 0 Å². The molecule has 0 aliphatic heterocycles. The van der Waals surface area contributed by atoms with Crippen LogP contribution in [0.2, 0.25) is 0 Å². The fourth-order valence-electron chi connectivity index (χ4n) is 1.21. The Morgan fingerprint density at radius 2 is 2.07 bits per heavy atom. The smallest absolute Gasteiger partial charge is 0.138 e. The molecule has 14 heavy (non-hydrogen) atoms. The van der Waals surface area contributed by atoms with Gasteiger partial charge in [-0.1, -0.05) is 36.7 Å². The van der Waals surface area contributed by atoms with Gasteiger partial charge in [-0.2, -0.15) is 0 Å². The van der Waals surface area contributed by atoms with Crippen LogP contribution >= 0.6 is 15.9 Å². The van der Waals surface area contributed by atoms with Crippen molar-refractivity contribution in [2.24, 2.45) is 0 Å². The Bertz CT molecular complexity index is 334. The predicted molar refractivity (Wildman–Crippen MR) is 59.9 cm³/mol. The van der Waals surface area contributed by atoms with Gasteiger partial charge in [-0.05, 0) is 13.0 Å². The van der Waals surface area contributed by atoms with Gasteiger partial charge in [0.1, 0.15) is 17.8 Å². The van der Waals surface area contributed by atoms with Crippen molar-refractivity contribution in [2.75, 3.05) is 0 Å². The monoisotopic (exact) mass is 258 g/mol. The molecule has 1 unspecified atom stereocenters. The normalized spacial score (nSPS) is 14.1. The molecular formula is C11H15BrO2. The van der Waals surface area contributed by atoms with Crippen LogP contribution < -0.4 is 0 Å². The van der Waals surface area contributed by atoms with Crippen molar-refractivity contribution in [1.29, 1.82) is 0 Å². The molecule has 1 rings (SSSR count). The zero-order chi connectivity index (χ0) is 10.9. The molecule has 0 spiro atoms. The molecule has 1 aromatic heterocycles. The second-order valence-corrected chi connectivity index (χ2v) is 5.40. The molecule has 0 amide bonds. The van der Waals surface area contributed by atoms with Crippen LogP contribution in [0.25, 0.3) is 0 Å². The molecule has 3 heteroatoms. The van der Waals surface area contributed by atoms with E-state index in [0.29, 0.717) is 0 Å². The van der Waals surface area contributed by atoms with E-state index in [9.17, 15) is 4.79 Å². The molecule has 0 saturated carbocycles. The van der Waals surface area contributed by atoms with Crippen molar-refractivity contribution in [2.45, 2.75) is 37.9 Å². The third kappa shape index (κ3) is 2.27. The van der Waals surface area contributed by atoms with Gasteiger partial charge in [-0.15, -0.1) is 0 Å². The van der Waals surface area contributed by atoms with E-state index in [1.54, 1.807) is 0 Å². The summed E-state index contributed by atoms with van der Waals surface area (Å²) in [6.45, 7) is 8.12. The van der Waals surface area contributed by atoms with Gasteiger partial charge in [0.2, 0.25) is 0 Å². The van der Waals surface area contributed by atoms with Crippen LogP contribution in [0.4, 0.5) is 0 Å². The Morgan fingerprint density at radius 1 is 1.50 bits per heavy atom. The summed E-state index contributed by atoms with van der Waals surface area (Å²) in [4.78, 5) is 10.4. The molecule has 1 heterocycles. The predicted octanol–water partition coefficient (Wildman–Crippen LogP) is 3.52. The molecule has 0 bridgehead atoms. The number of rotatable bonds is 2. The average molecular weight is 259 g/mol. The Balaban J connectivity index is 3.11. The molecule has 2 nitrogen and oxygen atoms in total. The number of hydrogen-bond donors (Lipinski definition) is 0. The molecule has 0 radical (unpaired) electrons. The highest BCUT2D eigenvalue weighted by Gasteiger charge is 2.22. The molecule has 1 aromatic rings. The van der Waals surface area contributed by atoms with Gasteiger partial charge < -0.3 is 9.21 Å². The first-order valence-electron chi connectivity index (χ1n) is 4.56. The zero-order valence-corrected chi connectivity index (χ0v) is 10.5. The quantitative estimate of drug-likeness (QED) is 0.600. The van der Waals surface area contributed by atoms with Crippen LogP contribution in [0.3, 0.4) is 0 Å². The van der Waals surface area contributed by atoms with Crippen LogP contribution in [0.5, 0.6) is 0 Å². The van der Waals surface area contributed by atoms with Crippen LogP contribution in [0, 0.1) is 6.92 Å². The SMILES string of the molecule is Cc1oc(C(C)(C)C)cc1C(Br)C=O. The van der Waals surface area contributed by atoms with Gasteiger partial charge >= 0.3 is 0 Å². The number of halogens is 1. The number of aryl methyl sites for hydroxylation is 1. The maximum absolute atomic E-state index is 10.6. The van der Waals surface area contributed by atoms with Gasteiger partial charge in [0, 0.05) is 11.0 Å². The highest BCUT2D eigenvalue weighted by atomic mass is 79.9. The summed E-state index contributed by atoms with van der Waals surface area (Å²) < 4.78 is 5.61. The van der Waals surface area contributed by atoms with Gasteiger partial charge in [0.15, 0.2) is 0 Å². The van der Waals surface area contributed by atoms with Crippen molar-refractivity contribution >= 4 is 22.2 Å². The summed E-state index contributed by atoms with van der Waals surface area (Å²) in [5.74, 6) is 1.72. The lowest BCUT2D eigenvalue weighted by molar-refractivity contribution is -0.107. The summed E-state index contributed by atoms with van der Waals surface area (Å²) in [5, 5.41) is 0. The van der Waals surface area contributed by atoms with E-state index in [1.807, 2.05) is 13.0 Å². The summed E-state index contributed by atoms with van der Waals surface area (Å²) in [6, 6.07) is 1.95. The topological polar surface area (TPSA) is 30.2 Å². The molecule has 1 atom stereocenters. The Labute approximate surface area is 92.8 Å². The van der Waals surface area contributed by atoms with Crippen molar-refractivity contribution in [3.05, 3.63) is 23.2 Å². The number of aldehydes is 1. The lowest BCUT2D eigenvalue weighted by Crippen LogP contribution is -2.09. The lowest BCUT2D eigenvalue weighted by atomic mass is 9.93. The molecule has 0 saturated heterocycles. The lowest BCUT2D eigenvalue weighted by Gasteiger charge is -2.13. The molecule has 0 fully saturated rings. The van der Waals surface area contributed by atoms with Crippen molar-refractivity contribution in [1.82, 2.24) is 0 Å². The number of carbonyl (C=O) groups is 1. The van der Waals surface area contributed by atoms with E-state index in [4.69, 9.17) is 4.42 Å². The Hall–Kier alpha value is -0.570. The largest absolute Gasteiger partial charge is 0.465 e. The third-order valence-electron chi connectivity index (χ3n) is 2.11. The van der Waals surface area contributed by atoms with Crippen molar-refractivity contribution in [3.63, 3.8) is 0 Å². The highest BCUT2D eigenvalue weighted by Crippen LogP contribution is 2.32. The van der Waals surface area contributed by atoms with Gasteiger partial charge in [0.25, 0.3) is 0 Å². The highest BCUT2D eigenvalue weighted by molar-refractivity contribution is 9.09. The van der Waals surface area contributed by atoms with E-state index >= 15 is 0 Å². The van der Waals surface area contributed by atoms with Gasteiger partial charge in [0.05, 0.1) is 4.83 Å². The summed E-state index contributed by atoms with van der Waals surface area (Å²) in [5.41, 5.74) is 0.906. The first kappa shape index (κ1) is 11.5. The second-order valence-electron chi connectivity index (χ2n) is 4.41. The molecule has 0 N–H and O–H groups in total. The van der Waals surface area contributed by atoms with E-state index in [2.05, 4.69) is 36.7 Å². The molecular weight excluding hydrogens is 244 g/mol. The number of hydrogen-bond acceptors (Lipinski definition) is 2. The van der Waals surface area contributed by atoms with Gasteiger partial charge in [-0.3, -0.25) is 0 Å². The third-order valence-corrected chi connectivity index (χ3v) is 2.82. The molecule has 0 aliphatic rings. The summed E-state index contributed by atoms with van der Waals surface area (Å²) in [7, 11) is 0. The first-order valence-corrected chi connectivity index (χ1v) is 5.48. The fourth-order valence-corrected chi connectivity index (χ4v) is 1.67. The molecule has 0 aliphatic carbocycles. The van der Waals surface area contributed by atoms with Crippen molar-refractivity contribution < 1.29 is 9.21 Å². The van der Waals surface area contributed by atoms with E-state index in [1.165, 1.54) is 0 Å². The van der Waals surface area contributed by atoms with E-state index in [0.717, 1.165) is 23.4 Å². The minimum Gasteiger partial charge on any atom is -0.465 e. The van der Waals surface area contributed by atoms with Crippen LogP contribution in [0.1, 0.15) is 42.7 Å².